The van der Waals surface area contributed by atoms with Crippen LogP contribution in [-0.4, -0.2) is 31.7 Å². The van der Waals surface area contributed by atoms with Crippen LogP contribution in [-0.2, 0) is 4.74 Å². The fourth-order valence-corrected chi connectivity index (χ4v) is 3.63. The van der Waals surface area contributed by atoms with Crippen molar-refractivity contribution in [3.05, 3.63) is 81.8 Å². The van der Waals surface area contributed by atoms with E-state index in [9.17, 15) is 9.59 Å². The molecule has 0 aromatic heterocycles. The molecule has 0 aliphatic rings. The van der Waals surface area contributed by atoms with Crippen LogP contribution >= 0.6 is 27.5 Å². The molecule has 8 nitrogen and oxygen atoms in total. The number of amides is 2. The number of halogens is 2. The van der Waals surface area contributed by atoms with Gasteiger partial charge in [-0.25, -0.2) is 9.80 Å². The van der Waals surface area contributed by atoms with Gasteiger partial charge in [0.05, 0.1) is 5.69 Å². The normalized spacial score (nSPS) is 11.3. The molecule has 0 aliphatic heterocycles. The number of carbonyl (C=O) groups is 2. The molecule has 0 heterocycles. The summed E-state index contributed by atoms with van der Waals surface area (Å²) in [5.74, 6) is -0.142. The first-order valence-electron chi connectivity index (χ1n) is 11.0. The summed E-state index contributed by atoms with van der Waals surface area (Å²) in [5.41, 5.74) is 2.59. The second-order valence-electron chi connectivity index (χ2n) is 8.89. The van der Waals surface area contributed by atoms with Crippen molar-refractivity contribution >= 4 is 62.3 Å². The topological polar surface area (TPSA) is 86.6 Å². The molecule has 0 aliphatic carbocycles. The monoisotopic (exact) mass is 571 g/mol. The lowest BCUT2D eigenvalue weighted by atomic mass is 10.1. The van der Waals surface area contributed by atoms with E-state index >= 15 is 0 Å². The van der Waals surface area contributed by atoms with Gasteiger partial charge in [-0.2, -0.15) is 0 Å². The molecule has 0 unspecified atom stereocenters. The van der Waals surface area contributed by atoms with E-state index in [2.05, 4.69) is 31.6 Å². The predicted molar refractivity (Wildman–Crippen MR) is 148 cm³/mol. The van der Waals surface area contributed by atoms with Gasteiger partial charge in [-0.1, -0.05) is 16.8 Å². The van der Waals surface area contributed by atoms with Gasteiger partial charge in [0.25, 0.3) is 5.91 Å². The molecule has 36 heavy (non-hydrogen) atoms. The van der Waals surface area contributed by atoms with Crippen LogP contribution in [0.25, 0.3) is 0 Å². The Morgan fingerprint density at radius 2 is 1.56 bits per heavy atom. The van der Waals surface area contributed by atoms with Crippen LogP contribution in [0.5, 0.6) is 0 Å². The molecule has 0 fully saturated rings. The van der Waals surface area contributed by atoms with Gasteiger partial charge in [-0.15, -0.1) is 5.11 Å². The number of carbonyl (C=O) groups excluding carboxylic acids is 2. The summed E-state index contributed by atoms with van der Waals surface area (Å²) in [6, 6.07) is 19.3. The van der Waals surface area contributed by atoms with Gasteiger partial charge in [-0.05, 0) is 103 Å². The molecule has 0 bridgehead atoms. The number of rotatable bonds is 6. The first-order valence-corrected chi connectivity index (χ1v) is 12.2. The molecule has 2 amide bonds. The predicted octanol–water partition coefficient (Wildman–Crippen LogP) is 7.86. The van der Waals surface area contributed by atoms with Crippen molar-refractivity contribution in [1.82, 2.24) is 0 Å². The van der Waals surface area contributed by atoms with Gasteiger partial charge in [0.2, 0.25) is 0 Å². The van der Waals surface area contributed by atoms with Crippen LogP contribution < -0.4 is 15.2 Å². The molecule has 0 atom stereocenters. The summed E-state index contributed by atoms with van der Waals surface area (Å²) in [7, 11) is 3.47. The standard InChI is InChI=1S/C26H27BrClN5O3/c1-26(2,3)36-25(35)29-19-10-15-23(22(27)16-19)30-31-33(5)21-11-6-17(7-12-21)24(34)32(4)20-13-8-18(28)9-14-20/h6-16H,1-5H3,(H,29,35). The van der Waals surface area contributed by atoms with E-state index < -0.39 is 11.7 Å². The maximum absolute atomic E-state index is 12.8. The SMILES string of the molecule is CN(N=Nc1ccc(NC(=O)OC(C)(C)C)cc1Br)c1ccc(C(=O)N(C)c2ccc(Cl)cc2)cc1. The summed E-state index contributed by atoms with van der Waals surface area (Å²) >= 11 is 9.38. The third kappa shape index (κ3) is 7.53. The molecule has 0 saturated carbocycles. The summed E-state index contributed by atoms with van der Waals surface area (Å²) in [5, 5.41) is 13.4. The maximum atomic E-state index is 12.8. The lowest BCUT2D eigenvalue weighted by Gasteiger charge is -2.19. The van der Waals surface area contributed by atoms with Crippen LogP contribution in [0.4, 0.5) is 27.5 Å². The highest BCUT2D eigenvalue weighted by Gasteiger charge is 2.17. The van der Waals surface area contributed by atoms with Gasteiger partial charge in [-0.3, -0.25) is 10.1 Å². The highest BCUT2D eigenvalue weighted by Crippen LogP contribution is 2.30. The first-order chi connectivity index (χ1) is 16.9. The Balaban J connectivity index is 1.63. The average molecular weight is 573 g/mol. The summed E-state index contributed by atoms with van der Waals surface area (Å²) in [6.45, 7) is 5.40. The molecule has 1 N–H and O–H groups in total. The van der Waals surface area contributed by atoms with E-state index in [-0.39, 0.29) is 5.91 Å². The van der Waals surface area contributed by atoms with E-state index in [4.69, 9.17) is 16.3 Å². The average Bonchev–Trinajstić information content (AvgIpc) is 2.82. The first kappa shape index (κ1) is 27.2. The molecule has 0 spiro atoms. The third-order valence-corrected chi connectivity index (χ3v) is 5.77. The van der Waals surface area contributed by atoms with Crippen molar-refractivity contribution in [1.29, 1.82) is 0 Å². The Hall–Kier alpha value is -3.43. The molecule has 10 heteroatoms. The number of ether oxygens (including phenoxy) is 1. The molecular weight excluding hydrogens is 546 g/mol. The minimum atomic E-state index is -0.585. The fourth-order valence-electron chi connectivity index (χ4n) is 3.05. The Labute approximate surface area is 224 Å². The highest BCUT2D eigenvalue weighted by molar-refractivity contribution is 9.10. The Morgan fingerprint density at radius 1 is 0.944 bits per heavy atom. The molecule has 188 valence electrons. The largest absolute Gasteiger partial charge is 0.444 e. The van der Waals surface area contributed by atoms with Gasteiger partial charge in [0, 0.05) is 40.5 Å². The highest BCUT2D eigenvalue weighted by atomic mass is 79.9. The molecular formula is C26H27BrClN5O3. The quantitative estimate of drug-likeness (QED) is 0.241. The second kappa shape index (κ2) is 11.5. The van der Waals surface area contributed by atoms with Gasteiger partial charge < -0.3 is 9.64 Å². The summed E-state index contributed by atoms with van der Waals surface area (Å²) in [4.78, 5) is 26.3. The van der Waals surface area contributed by atoms with Crippen molar-refractivity contribution < 1.29 is 14.3 Å². The number of nitrogens with one attached hydrogen (secondary N) is 1. The van der Waals surface area contributed by atoms with E-state index in [1.807, 2.05) is 0 Å². The van der Waals surface area contributed by atoms with Crippen molar-refractivity contribution in [2.24, 2.45) is 10.3 Å². The van der Waals surface area contributed by atoms with E-state index in [0.717, 1.165) is 11.4 Å². The lowest BCUT2D eigenvalue weighted by Crippen LogP contribution is -2.27. The van der Waals surface area contributed by atoms with Gasteiger partial charge in [0.15, 0.2) is 0 Å². The Morgan fingerprint density at radius 3 is 2.14 bits per heavy atom. The summed E-state index contributed by atoms with van der Waals surface area (Å²) < 4.78 is 5.91. The molecule has 3 aromatic rings. The minimum Gasteiger partial charge on any atom is -0.444 e. The van der Waals surface area contributed by atoms with Crippen LogP contribution in [0.15, 0.2) is 81.5 Å². The van der Waals surface area contributed by atoms with Gasteiger partial charge in [0.1, 0.15) is 11.3 Å². The van der Waals surface area contributed by atoms with E-state index in [1.165, 1.54) is 0 Å². The third-order valence-electron chi connectivity index (χ3n) is 4.89. The molecule has 3 rings (SSSR count). The molecule has 3 aromatic carbocycles. The number of hydrogen-bond acceptors (Lipinski definition) is 5. The van der Waals surface area contributed by atoms with Crippen molar-refractivity contribution in [2.45, 2.75) is 26.4 Å². The van der Waals surface area contributed by atoms with Crippen LogP contribution in [0.1, 0.15) is 31.1 Å². The fraction of sp³-hybridized carbons (Fsp3) is 0.231. The number of benzene rings is 3. The number of anilines is 3. The lowest BCUT2D eigenvalue weighted by molar-refractivity contribution is 0.0635. The van der Waals surface area contributed by atoms with E-state index in [0.29, 0.717) is 26.4 Å². The minimum absolute atomic E-state index is 0.142. The summed E-state index contributed by atoms with van der Waals surface area (Å²) in [6.07, 6.45) is -0.537. The second-order valence-corrected chi connectivity index (χ2v) is 10.2. The number of nitrogens with zero attached hydrogens (tertiary/aromatic N) is 4. The number of hydrogen-bond donors (Lipinski definition) is 1. The van der Waals surface area contributed by atoms with Crippen molar-refractivity contribution in [3.63, 3.8) is 0 Å². The Kier molecular flexibility index (Phi) is 8.70. The zero-order valence-electron chi connectivity index (χ0n) is 20.6. The zero-order valence-corrected chi connectivity index (χ0v) is 23.0. The van der Waals surface area contributed by atoms with Crippen LogP contribution in [0.3, 0.4) is 0 Å². The van der Waals surface area contributed by atoms with Gasteiger partial charge >= 0.3 is 6.09 Å². The van der Waals surface area contributed by atoms with Crippen molar-refractivity contribution in [3.8, 4) is 0 Å². The molecule has 0 radical (unpaired) electrons. The maximum Gasteiger partial charge on any atom is 0.412 e. The molecule has 0 saturated heterocycles. The van der Waals surface area contributed by atoms with E-state index in [1.54, 1.807) is 112 Å². The van der Waals surface area contributed by atoms with Crippen LogP contribution in [0, 0.1) is 0 Å². The smallest absolute Gasteiger partial charge is 0.412 e. The van der Waals surface area contributed by atoms with Crippen molar-refractivity contribution in [2.75, 3.05) is 29.3 Å². The Bertz CT molecular complexity index is 1260. The van der Waals surface area contributed by atoms with Crippen LogP contribution in [0.2, 0.25) is 5.02 Å². The zero-order chi connectivity index (χ0) is 26.5.